The van der Waals surface area contributed by atoms with Crippen LogP contribution in [0.1, 0.15) is 58.4 Å². The number of rotatable bonds is 4. The van der Waals surface area contributed by atoms with Gasteiger partial charge in [0.1, 0.15) is 11.8 Å². The van der Waals surface area contributed by atoms with E-state index in [0.717, 1.165) is 38.2 Å². The Morgan fingerprint density at radius 2 is 1.86 bits per heavy atom. The van der Waals surface area contributed by atoms with E-state index in [4.69, 9.17) is 9.47 Å². The van der Waals surface area contributed by atoms with Gasteiger partial charge < -0.3 is 29.9 Å². The van der Waals surface area contributed by atoms with Crippen LogP contribution >= 0.6 is 0 Å². The Hall–Kier alpha value is -3.18. The molecule has 5 atom stereocenters. The molecule has 44 heavy (non-hydrogen) atoms. The molecule has 4 heterocycles. The summed E-state index contributed by atoms with van der Waals surface area (Å²) in [6.45, 7) is 10.2. The summed E-state index contributed by atoms with van der Waals surface area (Å²) in [5.41, 5.74) is 0.946. The molecule has 2 N–H and O–H groups in total. The first-order valence-electron chi connectivity index (χ1n) is 16.1. The summed E-state index contributed by atoms with van der Waals surface area (Å²) >= 11 is 0. The van der Waals surface area contributed by atoms with Crippen molar-refractivity contribution in [3.63, 3.8) is 0 Å². The second kappa shape index (κ2) is 13.9. The van der Waals surface area contributed by atoms with Gasteiger partial charge in [0.05, 0.1) is 20.3 Å². The standard InChI is InChI=1S/C33H49N5O6/c1-33(2,3)17-30(40)38-20-25-16-27(38)31(41)34-10-8-24-19-36(18-22-6-5-7-26(14-22)43-4)11-9-23(24)15-29(39)37-12-13-44-28(21-37)32(42)35-25/h5-7,14,23-25,27-28H,8-13,15-21H2,1-4H3,(H,34,41)(H,35,42)/t23-,24-,25+,27+,28+/m0/s1. The molecule has 11 nitrogen and oxygen atoms in total. The lowest BCUT2D eigenvalue weighted by molar-refractivity contribution is -0.148. The Balaban J connectivity index is 1.34. The Morgan fingerprint density at radius 3 is 2.64 bits per heavy atom. The van der Waals surface area contributed by atoms with Gasteiger partial charge in [-0.25, -0.2) is 0 Å². The maximum absolute atomic E-state index is 13.6. The number of nitrogens with one attached hydrogen (secondary N) is 2. The van der Waals surface area contributed by atoms with E-state index in [1.807, 2.05) is 32.9 Å². The number of piperidine rings is 1. The fraction of sp³-hybridized carbons (Fsp3) is 0.697. The lowest BCUT2D eigenvalue weighted by atomic mass is 9.80. The number of hydrogen-bond acceptors (Lipinski definition) is 7. The number of carbonyl (C=O) groups is 4. The molecule has 0 unspecified atom stereocenters. The van der Waals surface area contributed by atoms with Crippen molar-refractivity contribution in [2.24, 2.45) is 17.3 Å². The summed E-state index contributed by atoms with van der Waals surface area (Å²) in [6.07, 6.45) is 1.93. The van der Waals surface area contributed by atoms with E-state index in [1.54, 1.807) is 16.9 Å². The minimum Gasteiger partial charge on any atom is -0.497 e. The van der Waals surface area contributed by atoms with Crippen LogP contribution in [0.25, 0.3) is 0 Å². The zero-order valence-electron chi connectivity index (χ0n) is 26.7. The molecular weight excluding hydrogens is 562 g/mol. The molecule has 4 bridgehead atoms. The number of morpholine rings is 1. The van der Waals surface area contributed by atoms with Gasteiger partial charge >= 0.3 is 0 Å². The van der Waals surface area contributed by atoms with Crippen molar-refractivity contribution >= 4 is 23.6 Å². The number of nitrogens with zero attached hydrogens (tertiary/aromatic N) is 3. The lowest BCUT2D eigenvalue weighted by Crippen LogP contribution is -2.54. The summed E-state index contributed by atoms with van der Waals surface area (Å²) < 4.78 is 11.2. The summed E-state index contributed by atoms with van der Waals surface area (Å²) in [7, 11) is 1.67. The second-order valence-electron chi connectivity index (χ2n) is 14.1. The number of benzene rings is 1. The molecule has 4 fully saturated rings. The molecule has 242 valence electrons. The smallest absolute Gasteiger partial charge is 0.251 e. The Bertz CT molecular complexity index is 1220. The fourth-order valence-corrected chi connectivity index (χ4v) is 7.12. The fourth-order valence-electron chi connectivity index (χ4n) is 7.12. The third kappa shape index (κ3) is 8.10. The molecule has 1 aromatic rings. The van der Waals surface area contributed by atoms with Gasteiger partial charge in [0.15, 0.2) is 6.10 Å². The summed E-state index contributed by atoms with van der Waals surface area (Å²) in [4.78, 5) is 59.5. The summed E-state index contributed by atoms with van der Waals surface area (Å²) in [5, 5.41) is 6.13. The van der Waals surface area contributed by atoms with Crippen LogP contribution in [0.3, 0.4) is 0 Å². The number of carbonyl (C=O) groups excluding carboxylic acids is 4. The van der Waals surface area contributed by atoms with Crippen molar-refractivity contribution in [1.82, 2.24) is 25.3 Å². The molecule has 0 aliphatic carbocycles. The molecule has 4 aliphatic rings. The first kappa shape index (κ1) is 32.2. The lowest BCUT2D eigenvalue weighted by Gasteiger charge is -2.40. The Labute approximate surface area is 261 Å². The first-order valence-corrected chi connectivity index (χ1v) is 16.1. The highest BCUT2D eigenvalue weighted by molar-refractivity contribution is 5.89. The van der Waals surface area contributed by atoms with Gasteiger partial charge in [-0.05, 0) is 60.8 Å². The predicted molar refractivity (Wildman–Crippen MR) is 165 cm³/mol. The molecule has 0 aromatic heterocycles. The van der Waals surface area contributed by atoms with Crippen LogP contribution in [0, 0.1) is 17.3 Å². The number of methoxy groups -OCH3 is 1. The largest absolute Gasteiger partial charge is 0.497 e. The monoisotopic (exact) mass is 611 g/mol. The Morgan fingerprint density at radius 1 is 1.05 bits per heavy atom. The maximum Gasteiger partial charge on any atom is 0.251 e. The molecule has 4 saturated heterocycles. The van der Waals surface area contributed by atoms with E-state index in [1.165, 1.54) is 5.56 Å². The van der Waals surface area contributed by atoms with Crippen LogP contribution in [0.4, 0.5) is 0 Å². The SMILES string of the molecule is COc1cccc(CN2CC[C@H]3CC(=O)N4CCO[C@H](C4)C(=O)N[C@@H]4C[C@H](C(=O)NCC[C@H]3C2)N(C(=O)CC(C)(C)C)C4)c1. The topological polar surface area (TPSA) is 121 Å². The third-order valence-electron chi connectivity index (χ3n) is 9.43. The van der Waals surface area contributed by atoms with E-state index in [9.17, 15) is 19.2 Å². The summed E-state index contributed by atoms with van der Waals surface area (Å²) in [5.74, 6) is 0.695. The zero-order chi connectivity index (χ0) is 31.4. The van der Waals surface area contributed by atoms with Crippen molar-refractivity contribution < 1.29 is 28.7 Å². The normalized spacial score (nSPS) is 29.1. The summed E-state index contributed by atoms with van der Waals surface area (Å²) in [6, 6.07) is 7.10. The molecule has 11 heteroatoms. The molecule has 0 radical (unpaired) electrons. The highest BCUT2D eigenvalue weighted by atomic mass is 16.5. The van der Waals surface area contributed by atoms with Crippen LogP contribution in [-0.4, -0.2) is 110 Å². The van der Waals surface area contributed by atoms with E-state index in [-0.39, 0.29) is 60.0 Å². The maximum atomic E-state index is 13.6. The molecule has 0 saturated carbocycles. The molecular formula is C33H49N5O6. The van der Waals surface area contributed by atoms with Crippen LogP contribution in [-0.2, 0) is 30.5 Å². The molecule has 4 amide bonds. The molecule has 5 rings (SSSR count). The number of amides is 4. The van der Waals surface area contributed by atoms with Crippen LogP contribution in [0.15, 0.2) is 24.3 Å². The first-order chi connectivity index (χ1) is 21.0. The van der Waals surface area contributed by atoms with E-state index in [2.05, 4.69) is 27.7 Å². The molecule has 1 aromatic carbocycles. The van der Waals surface area contributed by atoms with Crippen molar-refractivity contribution in [2.45, 2.75) is 77.6 Å². The average molecular weight is 612 g/mol. The molecule has 4 aliphatic heterocycles. The number of likely N-dealkylation sites (tertiary alicyclic amines) is 2. The van der Waals surface area contributed by atoms with Gasteiger partial charge in [-0.1, -0.05) is 32.9 Å². The quantitative estimate of drug-likeness (QED) is 0.533. The number of ether oxygens (including phenoxy) is 2. The van der Waals surface area contributed by atoms with Gasteiger partial charge in [0.2, 0.25) is 17.7 Å². The van der Waals surface area contributed by atoms with E-state index >= 15 is 0 Å². The highest BCUT2D eigenvalue weighted by Crippen LogP contribution is 2.32. The zero-order valence-corrected chi connectivity index (χ0v) is 26.7. The average Bonchev–Trinajstić information content (AvgIpc) is 3.41. The number of hydrogen-bond donors (Lipinski definition) is 2. The van der Waals surface area contributed by atoms with Crippen molar-refractivity contribution in [2.75, 3.05) is 53.0 Å². The van der Waals surface area contributed by atoms with Crippen molar-refractivity contribution in [1.29, 1.82) is 0 Å². The van der Waals surface area contributed by atoms with Gasteiger partial charge in [-0.15, -0.1) is 0 Å². The van der Waals surface area contributed by atoms with E-state index in [0.29, 0.717) is 39.0 Å². The minimum atomic E-state index is -0.771. The van der Waals surface area contributed by atoms with Gasteiger partial charge in [0.25, 0.3) is 5.91 Å². The highest BCUT2D eigenvalue weighted by Gasteiger charge is 2.42. The van der Waals surface area contributed by atoms with Crippen molar-refractivity contribution in [3.05, 3.63) is 29.8 Å². The van der Waals surface area contributed by atoms with Crippen LogP contribution in [0.2, 0.25) is 0 Å². The van der Waals surface area contributed by atoms with E-state index < -0.39 is 12.1 Å². The van der Waals surface area contributed by atoms with Crippen LogP contribution in [0.5, 0.6) is 5.75 Å². The van der Waals surface area contributed by atoms with Gasteiger partial charge in [-0.2, -0.15) is 0 Å². The number of fused-ring (bicyclic) bond motifs is 5. The van der Waals surface area contributed by atoms with Crippen LogP contribution < -0.4 is 15.4 Å². The predicted octanol–water partition coefficient (Wildman–Crippen LogP) is 1.79. The van der Waals surface area contributed by atoms with Gasteiger partial charge in [-0.3, -0.25) is 24.1 Å². The second-order valence-corrected chi connectivity index (χ2v) is 14.1. The molecule has 0 spiro atoms. The Kier molecular flexibility index (Phi) is 10.1. The minimum absolute atomic E-state index is 0.0540. The van der Waals surface area contributed by atoms with Crippen molar-refractivity contribution in [3.8, 4) is 5.75 Å². The van der Waals surface area contributed by atoms with Gasteiger partial charge in [0, 0.05) is 51.6 Å². The third-order valence-corrected chi connectivity index (χ3v) is 9.43.